The third kappa shape index (κ3) is 51.0. The van der Waals surface area contributed by atoms with Crippen LogP contribution in [-0.4, -0.2) is 33.7 Å². The molecule has 212 valence electrons. The molecule has 0 radical (unpaired) electrons. The number of aliphatic carboxylic acids is 2. The molecule has 35 heavy (non-hydrogen) atoms. The van der Waals surface area contributed by atoms with Gasteiger partial charge < -0.3 is 10.2 Å². The van der Waals surface area contributed by atoms with E-state index in [2.05, 4.69) is 27.7 Å². The van der Waals surface area contributed by atoms with Gasteiger partial charge in [0.1, 0.15) is 0 Å². The molecule has 5 heteroatoms. The average molecular weight is 519 g/mol. The molecule has 0 aliphatic heterocycles. The van der Waals surface area contributed by atoms with Crippen molar-refractivity contribution in [3.05, 3.63) is 0 Å². The van der Waals surface area contributed by atoms with Gasteiger partial charge >= 0.3 is 11.9 Å². The van der Waals surface area contributed by atoms with Gasteiger partial charge in [0.2, 0.25) is 0 Å². The normalized spacial score (nSPS) is 10.2. The van der Waals surface area contributed by atoms with Crippen LogP contribution in [0, 0.1) is 0 Å². The van der Waals surface area contributed by atoms with Crippen molar-refractivity contribution in [1.29, 1.82) is 0 Å². The first-order valence-electron chi connectivity index (χ1n) is 15.0. The van der Waals surface area contributed by atoms with Gasteiger partial charge in [0.15, 0.2) is 0 Å². The van der Waals surface area contributed by atoms with Crippen molar-refractivity contribution < 1.29 is 19.8 Å². The lowest BCUT2D eigenvalue weighted by Gasteiger charge is -1.99. The Labute approximate surface area is 223 Å². The highest BCUT2D eigenvalue weighted by Gasteiger charge is 1.99. The molecule has 0 saturated carbocycles. The molecule has 2 N–H and O–H groups in total. The first kappa shape index (κ1) is 38.8. The van der Waals surface area contributed by atoms with Gasteiger partial charge in [-0.15, -0.1) is 0 Å². The molecule has 0 aromatic carbocycles. The Morgan fingerprint density at radius 2 is 0.629 bits per heavy atom. The molecular formula is C30H62O4S. The van der Waals surface area contributed by atoms with Crippen molar-refractivity contribution >= 4 is 23.7 Å². The highest BCUT2D eigenvalue weighted by Crippen LogP contribution is 2.11. The van der Waals surface area contributed by atoms with Crippen molar-refractivity contribution in [2.75, 3.05) is 11.5 Å². The van der Waals surface area contributed by atoms with Crippen LogP contribution in [0.15, 0.2) is 0 Å². The van der Waals surface area contributed by atoms with Gasteiger partial charge in [0.25, 0.3) is 0 Å². The van der Waals surface area contributed by atoms with Gasteiger partial charge in [0.05, 0.1) is 12.8 Å². The number of thioether (sulfide) groups is 1. The molecule has 0 aliphatic rings. The van der Waals surface area contributed by atoms with Crippen LogP contribution in [0.2, 0.25) is 0 Å². The smallest absolute Gasteiger partial charge is 0.304 e. The Hall–Kier alpha value is -0.710. The standard InChI is InChI=1S/2C12H26.C6H10O4S/c2*1-3-5-7-9-11-12-10-8-6-4-2;7-5(8)1-3-11-4-2-6(9)10/h2*3-12H2,1-2H3;1-4H2,(H,7,8)(H,9,10). The molecule has 0 heterocycles. The summed E-state index contributed by atoms with van der Waals surface area (Å²) in [7, 11) is 0. The zero-order valence-corrected chi connectivity index (χ0v) is 24.9. The fourth-order valence-electron chi connectivity index (χ4n) is 3.54. The number of carboxylic acid groups (broad SMARTS) is 2. The molecule has 0 aromatic rings. The molecule has 4 nitrogen and oxygen atoms in total. The highest BCUT2D eigenvalue weighted by atomic mass is 32.2. The summed E-state index contributed by atoms with van der Waals surface area (Å²) in [5.41, 5.74) is 0. The zero-order valence-electron chi connectivity index (χ0n) is 24.1. The summed E-state index contributed by atoms with van der Waals surface area (Å²) in [6.45, 7) is 9.12. The number of rotatable bonds is 24. The summed E-state index contributed by atoms with van der Waals surface area (Å²) in [6.07, 6.45) is 29.1. The number of carboxylic acids is 2. The first-order chi connectivity index (χ1) is 17.0. The molecular weight excluding hydrogens is 456 g/mol. The van der Waals surface area contributed by atoms with E-state index in [0.29, 0.717) is 11.5 Å². The van der Waals surface area contributed by atoms with Crippen LogP contribution in [0.3, 0.4) is 0 Å². The molecule has 0 aliphatic carbocycles. The third-order valence-electron chi connectivity index (χ3n) is 5.83. The summed E-state index contributed by atoms with van der Waals surface area (Å²) < 4.78 is 0. The monoisotopic (exact) mass is 518 g/mol. The van der Waals surface area contributed by atoms with Crippen LogP contribution in [0.1, 0.15) is 169 Å². The van der Waals surface area contributed by atoms with E-state index in [1.165, 1.54) is 140 Å². The van der Waals surface area contributed by atoms with E-state index in [9.17, 15) is 9.59 Å². The largest absolute Gasteiger partial charge is 0.481 e. The van der Waals surface area contributed by atoms with Crippen LogP contribution in [0.4, 0.5) is 0 Å². The van der Waals surface area contributed by atoms with Crippen LogP contribution < -0.4 is 0 Å². The molecule has 0 aromatic heterocycles. The Morgan fingerprint density at radius 1 is 0.429 bits per heavy atom. The maximum absolute atomic E-state index is 9.97. The summed E-state index contributed by atoms with van der Waals surface area (Å²) in [5.74, 6) is -0.703. The molecule has 0 rings (SSSR count). The minimum atomic E-state index is -0.840. The van der Waals surface area contributed by atoms with Gasteiger partial charge in [-0.05, 0) is 0 Å². The number of unbranched alkanes of at least 4 members (excludes halogenated alkanes) is 18. The van der Waals surface area contributed by atoms with Crippen LogP contribution in [0.5, 0.6) is 0 Å². The molecule has 0 unspecified atom stereocenters. The van der Waals surface area contributed by atoms with Gasteiger partial charge in [-0.1, -0.05) is 156 Å². The minimum Gasteiger partial charge on any atom is -0.481 e. The lowest BCUT2D eigenvalue weighted by molar-refractivity contribution is -0.137. The maximum Gasteiger partial charge on any atom is 0.304 e. The fourth-order valence-corrected chi connectivity index (χ4v) is 4.38. The Kier molecular flexibility index (Phi) is 42.0. The number of carbonyl (C=O) groups is 2. The SMILES string of the molecule is CCCCCCCCCCCC.CCCCCCCCCCCC.O=C(O)CCSCCC(=O)O. The Bertz CT molecular complexity index is 346. The van der Waals surface area contributed by atoms with Crippen LogP contribution in [0.25, 0.3) is 0 Å². The first-order valence-corrected chi connectivity index (χ1v) is 16.1. The highest BCUT2D eigenvalue weighted by molar-refractivity contribution is 7.99. The van der Waals surface area contributed by atoms with E-state index < -0.39 is 11.9 Å². The molecule has 0 bridgehead atoms. The maximum atomic E-state index is 9.97. The summed E-state index contributed by atoms with van der Waals surface area (Å²) in [6, 6.07) is 0. The van der Waals surface area contributed by atoms with E-state index in [1.807, 2.05) is 0 Å². The van der Waals surface area contributed by atoms with E-state index in [0.717, 1.165) is 0 Å². The summed E-state index contributed by atoms with van der Waals surface area (Å²) in [4.78, 5) is 19.9. The van der Waals surface area contributed by atoms with Crippen molar-refractivity contribution in [2.45, 2.75) is 169 Å². The van der Waals surface area contributed by atoms with Gasteiger partial charge in [-0.2, -0.15) is 11.8 Å². The van der Waals surface area contributed by atoms with E-state index >= 15 is 0 Å². The molecule has 0 spiro atoms. The quantitative estimate of drug-likeness (QED) is 0.124. The van der Waals surface area contributed by atoms with Gasteiger partial charge in [-0.25, -0.2) is 0 Å². The Morgan fingerprint density at radius 3 is 0.800 bits per heavy atom. The van der Waals surface area contributed by atoms with Crippen LogP contribution >= 0.6 is 11.8 Å². The van der Waals surface area contributed by atoms with E-state index in [-0.39, 0.29) is 12.8 Å². The minimum absolute atomic E-state index is 0.101. The predicted molar refractivity (Wildman–Crippen MR) is 157 cm³/mol. The number of hydrogen-bond acceptors (Lipinski definition) is 3. The zero-order chi connectivity index (χ0) is 26.8. The topological polar surface area (TPSA) is 74.6 Å². The second kappa shape index (κ2) is 37.8. The molecule has 0 amide bonds. The van der Waals surface area contributed by atoms with Crippen molar-refractivity contribution in [2.24, 2.45) is 0 Å². The van der Waals surface area contributed by atoms with Crippen molar-refractivity contribution in [3.63, 3.8) is 0 Å². The third-order valence-corrected chi connectivity index (χ3v) is 6.82. The second-order valence-electron chi connectivity index (χ2n) is 9.56. The van der Waals surface area contributed by atoms with Crippen molar-refractivity contribution in [3.8, 4) is 0 Å². The fraction of sp³-hybridized carbons (Fsp3) is 0.933. The van der Waals surface area contributed by atoms with Gasteiger partial charge in [-0.3, -0.25) is 9.59 Å². The van der Waals surface area contributed by atoms with Gasteiger partial charge in [0, 0.05) is 11.5 Å². The molecule has 0 saturated heterocycles. The second-order valence-corrected chi connectivity index (χ2v) is 10.8. The van der Waals surface area contributed by atoms with Crippen LogP contribution in [-0.2, 0) is 9.59 Å². The summed E-state index contributed by atoms with van der Waals surface area (Å²) >= 11 is 1.35. The average Bonchev–Trinajstić information content (AvgIpc) is 2.83. The predicted octanol–water partition coefficient (Wildman–Crippen LogP) is 10.5. The lowest BCUT2D eigenvalue weighted by atomic mass is 10.1. The van der Waals surface area contributed by atoms with Crippen molar-refractivity contribution in [1.82, 2.24) is 0 Å². The summed E-state index contributed by atoms with van der Waals surface area (Å²) in [5, 5.41) is 16.4. The Balaban J connectivity index is -0.000000439. The number of hydrogen-bond donors (Lipinski definition) is 2. The van der Waals surface area contributed by atoms with E-state index in [1.54, 1.807) is 0 Å². The molecule has 0 atom stereocenters. The lowest BCUT2D eigenvalue weighted by Crippen LogP contribution is -1.99. The van der Waals surface area contributed by atoms with E-state index in [4.69, 9.17) is 10.2 Å². The molecule has 0 fully saturated rings.